The Labute approximate surface area is 128 Å². The summed E-state index contributed by atoms with van der Waals surface area (Å²) in [6.07, 6.45) is 4.05. The largest absolute Gasteiger partial charge is 0.313 e. The van der Waals surface area contributed by atoms with E-state index in [2.05, 4.69) is 5.32 Å². The number of hydrogen-bond donors (Lipinski definition) is 1. The molecule has 1 aromatic carbocycles. The van der Waals surface area contributed by atoms with Crippen LogP contribution < -0.4 is 5.32 Å². The van der Waals surface area contributed by atoms with Gasteiger partial charge in [-0.2, -0.15) is 0 Å². The normalized spacial score (nSPS) is 19.8. The van der Waals surface area contributed by atoms with E-state index in [0.717, 1.165) is 18.5 Å². The average molecular weight is 310 g/mol. The number of nitrogens with one attached hydrogen (secondary N) is 1. The maximum Gasteiger partial charge on any atom is 0.214 e. The second-order valence-corrected chi connectivity index (χ2v) is 7.74. The molecule has 0 bridgehead atoms. The van der Waals surface area contributed by atoms with Crippen LogP contribution in [-0.4, -0.2) is 44.2 Å². The third-order valence-corrected chi connectivity index (χ3v) is 5.99. The molecule has 0 saturated carbocycles. The number of likely N-dealkylation sites (N-methyl/N-ethyl adjacent to an activating group) is 1. The molecule has 1 heterocycles. The van der Waals surface area contributed by atoms with Crippen LogP contribution in [0.4, 0.5) is 0 Å². The first-order chi connectivity index (χ1) is 10.1. The fraction of sp³-hybridized carbons (Fsp3) is 0.625. The van der Waals surface area contributed by atoms with Gasteiger partial charge in [-0.05, 0) is 31.4 Å². The molecule has 1 atom stereocenters. The third kappa shape index (κ3) is 5.09. The Morgan fingerprint density at radius 3 is 2.62 bits per heavy atom. The van der Waals surface area contributed by atoms with Gasteiger partial charge in [-0.1, -0.05) is 43.7 Å². The highest BCUT2D eigenvalue weighted by molar-refractivity contribution is 7.89. The van der Waals surface area contributed by atoms with Crippen molar-refractivity contribution in [1.29, 1.82) is 0 Å². The molecular weight excluding hydrogens is 284 g/mol. The Bertz CT molecular complexity index is 510. The molecule has 0 amide bonds. The molecule has 1 N–H and O–H groups in total. The van der Waals surface area contributed by atoms with Crippen LogP contribution >= 0.6 is 0 Å². The maximum atomic E-state index is 12.5. The molecule has 118 valence electrons. The zero-order valence-electron chi connectivity index (χ0n) is 12.8. The topological polar surface area (TPSA) is 49.4 Å². The van der Waals surface area contributed by atoms with Gasteiger partial charge in [0.1, 0.15) is 0 Å². The number of rotatable bonds is 7. The fourth-order valence-electron chi connectivity index (χ4n) is 2.79. The number of piperidine rings is 1. The van der Waals surface area contributed by atoms with Crippen molar-refractivity contribution in [3.8, 4) is 0 Å². The van der Waals surface area contributed by atoms with Crippen LogP contribution in [-0.2, 0) is 16.4 Å². The molecule has 1 aliphatic heterocycles. The van der Waals surface area contributed by atoms with Crippen LogP contribution in [0.1, 0.15) is 31.7 Å². The number of sulfonamides is 1. The van der Waals surface area contributed by atoms with Gasteiger partial charge < -0.3 is 5.32 Å². The van der Waals surface area contributed by atoms with Crippen LogP contribution in [0.5, 0.6) is 0 Å². The van der Waals surface area contributed by atoms with E-state index in [9.17, 15) is 8.42 Å². The standard InChI is InChI=1S/C16H26N2O2S/c1-2-18(14-16-10-6-7-12-17-16)21(19,20)13-11-15-8-4-3-5-9-15/h3-5,8-9,16-17H,2,6-7,10-14H2,1H3. The predicted octanol–water partition coefficient (Wildman–Crippen LogP) is 2.02. The van der Waals surface area contributed by atoms with Crippen molar-refractivity contribution in [3.63, 3.8) is 0 Å². The second-order valence-electron chi connectivity index (χ2n) is 5.65. The SMILES string of the molecule is CCN(CC1CCCCN1)S(=O)(=O)CCc1ccccc1. The highest BCUT2D eigenvalue weighted by Gasteiger charge is 2.24. The van der Waals surface area contributed by atoms with Crippen LogP contribution in [0.2, 0.25) is 0 Å². The van der Waals surface area contributed by atoms with E-state index in [1.54, 1.807) is 4.31 Å². The zero-order chi connectivity index (χ0) is 15.1. The lowest BCUT2D eigenvalue weighted by Crippen LogP contribution is -2.46. The smallest absolute Gasteiger partial charge is 0.214 e. The van der Waals surface area contributed by atoms with Gasteiger partial charge in [-0.3, -0.25) is 0 Å². The summed E-state index contributed by atoms with van der Waals surface area (Å²) in [4.78, 5) is 0. The first-order valence-corrected chi connectivity index (χ1v) is 9.48. The minimum absolute atomic E-state index is 0.192. The molecule has 2 rings (SSSR count). The van der Waals surface area contributed by atoms with Gasteiger partial charge in [-0.25, -0.2) is 12.7 Å². The molecule has 21 heavy (non-hydrogen) atoms. The van der Waals surface area contributed by atoms with Crippen molar-refractivity contribution in [2.24, 2.45) is 0 Å². The molecular formula is C16H26N2O2S. The Balaban J connectivity index is 1.91. The summed E-state index contributed by atoms with van der Waals surface area (Å²) < 4.78 is 26.7. The summed E-state index contributed by atoms with van der Waals surface area (Å²) in [5, 5.41) is 3.42. The van der Waals surface area contributed by atoms with Crippen molar-refractivity contribution in [2.45, 2.75) is 38.6 Å². The molecule has 5 heteroatoms. The number of hydrogen-bond acceptors (Lipinski definition) is 3. The lowest BCUT2D eigenvalue weighted by molar-refractivity contribution is 0.319. The Hall–Kier alpha value is -0.910. The molecule has 0 aliphatic carbocycles. The Morgan fingerprint density at radius 2 is 2.00 bits per heavy atom. The monoisotopic (exact) mass is 310 g/mol. The highest BCUT2D eigenvalue weighted by atomic mass is 32.2. The van der Waals surface area contributed by atoms with Crippen molar-refractivity contribution in [1.82, 2.24) is 9.62 Å². The molecule has 0 aromatic heterocycles. The number of nitrogens with zero attached hydrogens (tertiary/aromatic N) is 1. The molecule has 0 radical (unpaired) electrons. The van der Waals surface area contributed by atoms with Crippen molar-refractivity contribution in [2.75, 3.05) is 25.4 Å². The molecule has 1 fully saturated rings. The molecule has 1 aromatic rings. The lowest BCUT2D eigenvalue weighted by atomic mass is 10.1. The first-order valence-electron chi connectivity index (χ1n) is 7.87. The van der Waals surface area contributed by atoms with E-state index in [0.29, 0.717) is 25.6 Å². The maximum absolute atomic E-state index is 12.5. The van der Waals surface area contributed by atoms with Crippen LogP contribution in [0.3, 0.4) is 0 Å². The van der Waals surface area contributed by atoms with Crippen molar-refractivity contribution in [3.05, 3.63) is 35.9 Å². The first kappa shape index (κ1) is 16.5. The number of aryl methyl sites for hydroxylation is 1. The Morgan fingerprint density at radius 1 is 1.24 bits per heavy atom. The quantitative estimate of drug-likeness (QED) is 0.838. The lowest BCUT2D eigenvalue weighted by Gasteiger charge is -2.29. The predicted molar refractivity (Wildman–Crippen MR) is 86.8 cm³/mol. The summed E-state index contributed by atoms with van der Waals surface area (Å²) in [7, 11) is -3.18. The molecule has 4 nitrogen and oxygen atoms in total. The van der Waals surface area contributed by atoms with Crippen LogP contribution in [0.25, 0.3) is 0 Å². The van der Waals surface area contributed by atoms with E-state index in [1.165, 1.54) is 12.8 Å². The minimum atomic E-state index is -3.18. The average Bonchev–Trinajstić information content (AvgIpc) is 2.52. The van der Waals surface area contributed by atoms with E-state index >= 15 is 0 Å². The van der Waals surface area contributed by atoms with Gasteiger partial charge in [-0.15, -0.1) is 0 Å². The van der Waals surface area contributed by atoms with Gasteiger partial charge in [0.15, 0.2) is 0 Å². The van der Waals surface area contributed by atoms with Crippen LogP contribution in [0.15, 0.2) is 30.3 Å². The minimum Gasteiger partial charge on any atom is -0.313 e. The summed E-state index contributed by atoms with van der Waals surface area (Å²) in [6, 6.07) is 10.1. The van der Waals surface area contributed by atoms with Crippen LogP contribution in [0, 0.1) is 0 Å². The number of benzene rings is 1. The zero-order valence-corrected chi connectivity index (χ0v) is 13.6. The van der Waals surface area contributed by atoms with Crippen molar-refractivity contribution >= 4 is 10.0 Å². The van der Waals surface area contributed by atoms with Gasteiger partial charge >= 0.3 is 0 Å². The van der Waals surface area contributed by atoms with E-state index in [-0.39, 0.29) is 5.75 Å². The summed E-state index contributed by atoms with van der Waals surface area (Å²) >= 11 is 0. The highest BCUT2D eigenvalue weighted by Crippen LogP contribution is 2.12. The molecule has 0 spiro atoms. The van der Waals surface area contributed by atoms with Gasteiger partial charge in [0, 0.05) is 19.1 Å². The summed E-state index contributed by atoms with van der Waals surface area (Å²) in [5.74, 6) is 0.192. The molecule has 1 unspecified atom stereocenters. The van der Waals surface area contributed by atoms with E-state index in [4.69, 9.17) is 0 Å². The fourth-order valence-corrected chi connectivity index (χ4v) is 4.34. The van der Waals surface area contributed by atoms with Gasteiger partial charge in [0.05, 0.1) is 5.75 Å². The molecule has 1 aliphatic rings. The second kappa shape index (κ2) is 7.92. The third-order valence-electron chi connectivity index (χ3n) is 4.07. The van der Waals surface area contributed by atoms with Gasteiger partial charge in [0.25, 0.3) is 0 Å². The van der Waals surface area contributed by atoms with E-state index < -0.39 is 10.0 Å². The molecule has 1 saturated heterocycles. The summed E-state index contributed by atoms with van der Waals surface area (Å²) in [5.41, 5.74) is 1.08. The van der Waals surface area contributed by atoms with E-state index in [1.807, 2.05) is 37.3 Å². The Kier molecular flexibility index (Phi) is 6.21. The summed E-state index contributed by atoms with van der Waals surface area (Å²) in [6.45, 7) is 4.08. The van der Waals surface area contributed by atoms with Gasteiger partial charge in [0.2, 0.25) is 10.0 Å². The van der Waals surface area contributed by atoms with Crippen molar-refractivity contribution < 1.29 is 8.42 Å².